The molecule has 2 amide bonds. The van der Waals surface area contributed by atoms with Crippen molar-refractivity contribution >= 4 is 11.8 Å². The molecule has 0 aromatic rings. The Hall–Kier alpha value is -1.10. The molecule has 3 atom stereocenters. The molecule has 2 aliphatic carbocycles. The molecule has 1 N–H and O–H groups in total. The summed E-state index contributed by atoms with van der Waals surface area (Å²) in [5, 5.41) is 3.09. The summed E-state index contributed by atoms with van der Waals surface area (Å²) < 4.78 is 6.11. The maximum Gasteiger partial charge on any atom is 0.226 e. The third-order valence-corrected chi connectivity index (χ3v) is 6.37. The summed E-state index contributed by atoms with van der Waals surface area (Å²) in [5.41, 5.74) is -0.0811. The highest BCUT2D eigenvalue weighted by Crippen LogP contribution is 2.43. The summed E-state index contributed by atoms with van der Waals surface area (Å²) in [7, 11) is 0. The fraction of sp³-hybridized carbons (Fsp3) is 0.889. The molecule has 2 heterocycles. The van der Waals surface area contributed by atoms with Crippen LogP contribution in [0.1, 0.15) is 45.4 Å². The summed E-state index contributed by atoms with van der Waals surface area (Å²) in [6.45, 7) is 5.16. The van der Waals surface area contributed by atoms with Gasteiger partial charge in [-0.05, 0) is 43.9 Å². The summed E-state index contributed by atoms with van der Waals surface area (Å²) in [5.74, 6) is 2.12. The van der Waals surface area contributed by atoms with Gasteiger partial charge in [-0.2, -0.15) is 0 Å². The van der Waals surface area contributed by atoms with Gasteiger partial charge < -0.3 is 15.0 Å². The summed E-state index contributed by atoms with van der Waals surface area (Å²) in [4.78, 5) is 26.0. The first-order valence-corrected chi connectivity index (χ1v) is 9.27. The van der Waals surface area contributed by atoms with Crippen molar-refractivity contribution in [3.8, 4) is 0 Å². The molecule has 2 saturated carbocycles. The number of amides is 2. The highest BCUT2D eigenvalue weighted by atomic mass is 16.5. The summed E-state index contributed by atoms with van der Waals surface area (Å²) in [6.07, 6.45) is 6.47. The van der Waals surface area contributed by atoms with Crippen LogP contribution in [0, 0.1) is 23.7 Å². The SMILES string of the molecule is C[C@@H]1C[C@H]1C(=O)N1CC2(CC[C@@H](CNC(=O)C3CCC3)CO2)C1. The van der Waals surface area contributed by atoms with Gasteiger partial charge in [0.25, 0.3) is 0 Å². The quantitative estimate of drug-likeness (QED) is 0.855. The fourth-order valence-electron chi connectivity index (χ4n) is 4.09. The number of ether oxygens (including phenoxy) is 1. The molecule has 128 valence electrons. The van der Waals surface area contributed by atoms with Crippen LogP contribution in [-0.4, -0.2) is 48.6 Å². The lowest BCUT2D eigenvalue weighted by Crippen LogP contribution is -2.66. The van der Waals surface area contributed by atoms with Crippen LogP contribution >= 0.6 is 0 Å². The number of likely N-dealkylation sites (tertiary alicyclic amines) is 1. The second kappa shape index (κ2) is 5.76. The van der Waals surface area contributed by atoms with Gasteiger partial charge >= 0.3 is 0 Å². The fourth-order valence-corrected chi connectivity index (χ4v) is 4.09. The van der Waals surface area contributed by atoms with Crippen LogP contribution in [0.15, 0.2) is 0 Å². The number of nitrogens with zero attached hydrogens (tertiary/aromatic N) is 1. The molecule has 1 spiro atoms. The highest BCUT2D eigenvalue weighted by Gasteiger charge is 2.52. The monoisotopic (exact) mass is 320 g/mol. The molecule has 0 aromatic carbocycles. The average Bonchev–Trinajstić information content (AvgIpc) is 3.18. The number of hydrogen-bond acceptors (Lipinski definition) is 3. The molecule has 4 aliphatic rings. The van der Waals surface area contributed by atoms with Gasteiger partial charge in [0.05, 0.1) is 19.7 Å². The minimum Gasteiger partial charge on any atom is -0.371 e. The number of rotatable bonds is 4. The van der Waals surface area contributed by atoms with Crippen molar-refractivity contribution in [2.24, 2.45) is 23.7 Å². The van der Waals surface area contributed by atoms with Crippen molar-refractivity contribution in [1.82, 2.24) is 10.2 Å². The van der Waals surface area contributed by atoms with E-state index in [9.17, 15) is 9.59 Å². The number of carbonyl (C=O) groups excluding carboxylic acids is 2. The predicted molar refractivity (Wildman–Crippen MR) is 85.6 cm³/mol. The predicted octanol–water partition coefficient (Wildman–Crippen LogP) is 1.57. The van der Waals surface area contributed by atoms with Gasteiger partial charge in [0.15, 0.2) is 0 Å². The molecule has 4 fully saturated rings. The third-order valence-electron chi connectivity index (χ3n) is 6.37. The summed E-state index contributed by atoms with van der Waals surface area (Å²) >= 11 is 0. The van der Waals surface area contributed by atoms with E-state index in [2.05, 4.69) is 12.2 Å². The van der Waals surface area contributed by atoms with Gasteiger partial charge in [0.2, 0.25) is 11.8 Å². The van der Waals surface area contributed by atoms with Crippen molar-refractivity contribution < 1.29 is 14.3 Å². The lowest BCUT2D eigenvalue weighted by molar-refractivity contribution is -0.189. The standard InChI is InChI=1S/C18H28N2O3/c1-12-7-15(12)17(22)20-10-18(11-20)6-5-13(9-23-18)8-19-16(21)14-3-2-4-14/h12-15H,2-11H2,1H3,(H,19,21)/t12-,13+,15-/m1/s1. The van der Waals surface area contributed by atoms with Crippen molar-refractivity contribution in [3.05, 3.63) is 0 Å². The van der Waals surface area contributed by atoms with Gasteiger partial charge in [-0.1, -0.05) is 13.3 Å². The Labute approximate surface area is 138 Å². The molecule has 2 aliphatic heterocycles. The Balaban J connectivity index is 1.17. The zero-order chi connectivity index (χ0) is 16.0. The largest absolute Gasteiger partial charge is 0.371 e. The topological polar surface area (TPSA) is 58.6 Å². The van der Waals surface area contributed by atoms with E-state index < -0.39 is 0 Å². The van der Waals surface area contributed by atoms with E-state index in [1.807, 2.05) is 4.90 Å². The van der Waals surface area contributed by atoms with Crippen LogP contribution in [0.5, 0.6) is 0 Å². The Morgan fingerprint density at radius 2 is 2.00 bits per heavy atom. The zero-order valence-corrected chi connectivity index (χ0v) is 14.1. The molecule has 2 saturated heterocycles. The van der Waals surface area contributed by atoms with Gasteiger partial charge in [-0.15, -0.1) is 0 Å². The molecule has 0 bridgehead atoms. The van der Waals surface area contributed by atoms with Crippen LogP contribution in [-0.2, 0) is 14.3 Å². The van der Waals surface area contributed by atoms with Crippen LogP contribution in [0.3, 0.4) is 0 Å². The van der Waals surface area contributed by atoms with E-state index in [-0.39, 0.29) is 23.3 Å². The van der Waals surface area contributed by atoms with Crippen LogP contribution in [0.4, 0.5) is 0 Å². The van der Waals surface area contributed by atoms with Crippen LogP contribution in [0.25, 0.3) is 0 Å². The van der Waals surface area contributed by atoms with Gasteiger partial charge in [-0.25, -0.2) is 0 Å². The first kappa shape index (κ1) is 15.4. The molecule has 5 nitrogen and oxygen atoms in total. The van der Waals surface area contributed by atoms with Gasteiger partial charge in [0, 0.05) is 18.4 Å². The molecule has 4 rings (SSSR count). The normalized spacial score (nSPS) is 35.3. The Bertz CT molecular complexity index is 486. The lowest BCUT2D eigenvalue weighted by atomic mass is 9.82. The van der Waals surface area contributed by atoms with Crippen molar-refractivity contribution in [2.75, 3.05) is 26.2 Å². The van der Waals surface area contributed by atoms with E-state index in [4.69, 9.17) is 4.74 Å². The smallest absolute Gasteiger partial charge is 0.226 e. The Kier molecular flexibility index (Phi) is 3.87. The first-order valence-electron chi connectivity index (χ1n) is 9.27. The minimum atomic E-state index is -0.0811. The zero-order valence-electron chi connectivity index (χ0n) is 14.1. The average molecular weight is 320 g/mol. The van der Waals surface area contributed by atoms with Crippen molar-refractivity contribution in [3.63, 3.8) is 0 Å². The number of nitrogens with one attached hydrogen (secondary N) is 1. The second-order valence-electron chi connectivity index (χ2n) is 8.29. The molecular formula is C18H28N2O3. The Morgan fingerprint density at radius 1 is 1.26 bits per heavy atom. The highest BCUT2D eigenvalue weighted by molar-refractivity contribution is 5.82. The summed E-state index contributed by atoms with van der Waals surface area (Å²) in [6, 6.07) is 0. The van der Waals surface area contributed by atoms with E-state index in [1.165, 1.54) is 6.42 Å². The molecular weight excluding hydrogens is 292 g/mol. The van der Waals surface area contributed by atoms with Crippen molar-refractivity contribution in [2.45, 2.75) is 51.0 Å². The van der Waals surface area contributed by atoms with E-state index in [0.717, 1.165) is 51.7 Å². The lowest BCUT2D eigenvalue weighted by Gasteiger charge is -2.53. The van der Waals surface area contributed by atoms with Gasteiger partial charge in [-0.3, -0.25) is 9.59 Å². The van der Waals surface area contributed by atoms with Crippen LogP contribution < -0.4 is 5.32 Å². The van der Waals surface area contributed by atoms with Crippen molar-refractivity contribution in [1.29, 1.82) is 0 Å². The number of carbonyl (C=O) groups is 2. The van der Waals surface area contributed by atoms with E-state index in [1.54, 1.807) is 0 Å². The maximum atomic E-state index is 12.2. The van der Waals surface area contributed by atoms with Crippen LogP contribution in [0.2, 0.25) is 0 Å². The van der Waals surface area contributed by atoms with E-state index >= 15 is 0 Å². The maximum absolute atomic E-state index is 12.2. The molecule has 23 heavy (non-hydrogen) atoms. The number of hydrogen-bond donors (Lipinski definition) is 1. The van der Waals surface area contributed by atoms with Gasteiger partial charge in [0.1, 0.15) is 5.60 Å². The minimum absolute atomic E-state index is 0.0811. The molecule has 0 unspecified atom stereocenters. The molecule has 0 aromatic heterocycles. The second-order valence-corrected chi connectivity index (χ2v) is 8.29. The first-order chi connectivity index (χ1) is 11.1. The molecule has 0 radical (unpaired) electrons. The Morgan fingerprint density at radius 3 is 2.52 bits per heavy atom. The molecule has 5 heteroatoms. The third kappa shape index (κ3) is 3.00. The van der Waals surface area contributed by atoms with E-state index in [0.29, 0.717) is 24.3 Å².